The predicted octanol–water partition coefficient (Wildman–Crippen LogP) is 2.07. The van der Waals surface area contributed by atoms with Crippen LogP contribution in [0, 0.1) is 0 Å². The van der Waals surface area contributed by atoms with Crippen LogP contribution in [0.25, 0.3) is 22.4 Å². The van der Waals surface area contributed by atoms with Crippen LogP contribution >= 0.6 is 0 Å². The average Bonchev–Trinajstić information content (AvgIpc) is 2.92. The second-order valence-corrected chi connectivity index (χ2v) is 4.81. The minimum Gasteiger partial charge on any atom is -0.493 e. The topological polar surface area (TPSA) is 75.2 Å². The Labute approximate surface area is 128 Å². The zero-order valence-electron chi connectivity index (χ0n) is 12.6. The standard InChI is InChI=1S/C16H18N4O2/c1-21-14-8-12-13(9-15(14)22-2)20(7-5-17)16(19-12)11-4-3-6-18-10-11/h3-4,6,8-10H,5,7,17H2,1-2H3. The second kappa shape index (κ2) is 6.03. The van der Waals surface area contributed by atoms with Crippen LogP contribution < -0.4 is 15.2 Å². The maximum absolute atomic E-state index is 5.76. The van der Waals surface area contributed by atoms with Crippen molar-refractivity contribution in [2.24, 2.45) is 5.73 Å². The quantitative estimate of drug-likeness (QED) is 0.780. The SMILES string of the molecule is COc1cc2nc(-c3cccnc3)n(CCN)c2cc1OC. The molecule has 0 aliphatic rings. The molecular formula is C16H18N4O2. The first kappa shape index (κ1) is 14.3. The van der Waals surface area contributed by atoms with Crippen LogP contribution in [0.1, 0.15) is 0 Å². The second-order valence-electron chi connectivity index (χ2n) is 4.81. The van der Waals surface area contributed by atoms with Gasteiger partial charge in [0.25, 0.3) is 0 Å². The molecular weight excluding hydrogens is 280 g/mol. The van der Waals surface area contributed by atoms with E-state index in [4.69, 9.17) is 20.2 Å². The van der Waals surface area contributed by atoms with E-state index in [-0.39, 0.29) is 0 Å². The summed E-state index contributed by atoms with van der Waals surface area (Å²) in [7, 11) is 3.23. The normalized spacial score (nSPS) is 10.9. The van der Waals surface area contributed by atoms with Crippen molar-refractivity contribution in [2.75, 3.05) is 20.8 Å². The number of hydrogen-bond donors (Lipinski definition) is 1. The number of imidazole rings is 1. The number of rotatable bonds is 5. The number of fused-ring (bicyclic) bond motifs is 1. The van der Waals surface area contributed by atoms with Crippen LogP contribution in [-0.4, -0.2) is 35.3 Å². The Balaban J connectivity index is 2.26. The van der Waals surface area contributed by atoms with Crippen molar-refractivity contribution in [3.63, 3.8) is 0 Å². The van der Waals surface area contributed by atoms with Gasteiger partial charge in [0.15, 0.2) is 11.5 Å². The molecule has 0 atom stereocenters. The lowest BCUT2D eigenvalue weighted by molar-refractivity contribution is 0.355. The predicted molar refractivity (Wildman–Crippen MR) is 85.1 cm³/mol. The maximum atomic E-state index is 5.76. The van der Waals surface area contributed by atoms with E-state index in [1.54, 1.807) is 26.6 Å². The van der Waals surface area contributed by atoms with Gasteiger partial charge in [-0.3, -0.25) is 4.98 Å². The Morgan fingerprint density at radius 1 is 1.18 bits per heavy atom. The summed E-state index contributed by atoms with van der Waals surface area (Å²) in [5.74, 6) is 2.17. The van der Waals surface area contributed by atoms with Crippen LogP contribution in [0.4, 0.5) is 0 Å². The molecule has 0 spiro atoms. The van der Waals surface area contributed by atoms with Gasteiger partial charge >= 0.3 is 0 Å². The summed E-state index contributed by atoms with van der Waals surface area (Å²) >= 11 is 0. The van der Waals surface area contributed by atoms with Gasteiger partial charge in [-0.25, -0.2) is 4.98 Å². The fourth-order valence-electron chi connectivity index (χ4n) is 2.52. The van der Waals surface area contributed by atoms with Crippen molar-refractivity contribution in [1.82, 2.24) is 14.5 Å². The molecule has 1 aromatic carbocycles. The van der Waals surface area contributed by atoms with Crippen molar-refractivity contribution in [1.29, 1.82) is 0 Å². The third-order valence-corrected chi connectivity index (χ3v) is 3.53. The highest BCUT2D eigenvalue weighted by Crippen LogP contribution is 2.34. The molecule has 6 heteroatoms. The summed E-state index contributed by atoms with van der Waals surface area (Å²) < 4.78 is 12.8. The van der Waals surface area contributed by atoms with Crippen molar-refractivity contribution in [2.45, 2.75) is 6.54 Å². The lowest BCUT2D eigenvalue weighted by Crippen LogP contribution is -2.11. The van der Waals surface area contributed by atoms with Crippen LogP contribution in [-0.2, 0) is 6.54 Å². The van der Waals surface area contributed by atoms with E-state index in [0.717, 1.165) is 22.4 Å². The summed E-state index contributed by atoms with van der Waals surface area (Å²) in [4.78, 5) is 8.88. The third-order valence-electron chi connectivity index (χ3n) is 3.53. The first-order chi connectivity index (χ1) is 10.8. The van der Waals surface area contributed by atoms with Gasteiger partial charge in [0.2, 0.25) is 0 Å². The van der Waals surface area contributed by atoms with Gasteiger partial charge < -0.3 is 19.8 Å². The molecule has 0 amide bonds. The van der Waals surface area contributed by atoms with E-state index < -0.39 is 0 Å². The number of hydrogen-bond acceptors (Lipinski definition) is 5. The Hall–Kier alpha value is -2.60. The number of pyridine rings is 1. The highest BCUT2D eigenvalue weighted by atomic mass is 16.5. The van der Waals surface area contributed by atoms with Gasteiger partial charge in [0, 0.05) is 43.2 Å². The molecule has 22 heavy (non-hydrogen) atoms. The van der Waals surface area contributed by atoms with Gasteiger partial charge in [-0.1, -0.05) is 0 Å². The smallest absolute Gasteiger partial charge is 0.163 e. The lowest BCUT2D eigenvalue weighted by atomic mass is 10.2. The molecule has 3 aromatic rings. The summed E-state index contributed by atoms with van der Waals surface area (Å²) in [5, 5.41) is 0. The number of aromatic nitrogens is 3. The van der Waals surface area contributed by atoms with E-state index in [9.17, 15) is 0 Å². The number of nitrogens with two attached hydrogens (primary N) is 1. The van der Waals surface area contributed by atoms with Crippen molar-refractivity contribution in [3.8, 4) is 22.9 Å². The van der Waals surface area contributed by atoms with Crippen LogP contribution in [0.3, 0.4) is 0 Å². The highest BCUT2D eigenvalue weighted by Gasteiger charge is 2.16. The summed E-state index contributed by atoms with van der Waals surface area (Å²) in [6.45, 7) is 1.18. The molecule has 2 heterocycles. The molecule has 6 nitrogen and oxygen atoms in total. The molecule has 2 aromatic heterocycles. The van der Waals surface area contributed by atoms with E-state index in [1.165, 1.54) is 0 Å². The summed E-state index contributed by atoms with van der Waals surface area (Å²) in [6.07, 6.45) is 3.54. The highest BCUT2D eigenvalue weighted by molar-refractivity contribution is 5.84. The van der Waals surface area contributed by atoms with Crippen molar-refractivity contribution >= 4 is 11.0 Å². The number of benzene rings is 1. The maximum Gasteiger partial charge on any atom is 0.163 e. The number of methoxy groups -OCH3 is 2. The fraction of sp³-hybridized carbons (Fsp3) is 0.250. The minimum atomic E-state index is 0.521. The Bertz CT molecular complexity index is 784. The minimum absolute atomic E-state index is 0.521. The molecule has 0 radical (unpaired) electrons. The zero-order chi connectivity index (χ0) is 15.5. The molecule has 0 bridgehead atoms. The van der Waals surface area contributed by atoms with Gasteiger partial charge in [0.1, 0.15) is 5.82 Å². The molecule has 0 fully saturated rings. The molecule has 2 N–H and O–H groups in total. The molecule has 114 valence electrons. The molecule has 0 saturated heterocycles. The largest absolute Gasteiger partial charge is 0.493 e. The Morgan fingerprint density at radius 3 is 2.59 bits per heavy atom. The first-order valence-corrected chi connectivity index (χ1v) is 7.01. The molecule has 0 aliphatic carbocycles. The van der Waals surface area contributed by atoms with Crippen LogP contribution in [0.5, 0.6) is 11.5 Å². The van der Waals surface area contributed by atoms with E-state index in [2.05, 4.69) is 9.55 Å². The summed E-state index contributed by atoms with van der Waals surface area (Å²) in [5.41, 5.74) is 8.51. The zero-order valence-corrected chi connectivity index (χ0v) is 12.6. The lowest BCUT2D eigenvalue weighted by Gasteiger charge is -2.10. The van der Waals surface area contributed by atoms with Gasteiger partial charge in [-0.05, 0) is 12.1 Å². The van der Waals surface area contributed by atoms with Crippen molar-refractivity contribution in [3.05, 3.63) is 36.7 Å². The number of nitrogens with zero attached hydrogens (tertiary/aromatic N) is 3. The van der Waals surface area contributed by atoms with Crippen LogP contribution in [0.2, 0.25) is 0 Å². The van der Waals surface area contributed by atoms with Crippen molar-refractivity contribution < 1.29 is 9.47 Å². The van der Waals surface area contributed by atoms with Gasteiger partial charge in [-0.15, -0.1) is 0 Å². The van der Waals surface area contributed by atoms with E-state index in [1.807, 2.05) is 24.3 Å². The van der Waals surface area contributed by atoms with Crippen LogP contribution in [0.15, 0.2) is 36.7 Å². The fourth-order valence-corrected chi connectivity index (χ4v) is 2.52. The van der Waals surface area contributed by atoms with Gasteiger partial charge in [-0.2, -0.15) is 0 Å². The monoisotopic (exact) mass is 298 g/mol. The molecule has 0 unspecified atom stereocenters. The summed E-state index contributed by atoms with van der Waals surface area (Å²) in [6, 6.07) is 7.68. The Morgan fingerprint density at radius 2 is 1.95 bits per heavy atom. The third kappa shape index (κ3) is 2.37. The molecule has 0 saturated carbocycles. The van der Waals surface area contributed by atoms with Gasteiger partial charge in [0.05, 0.1) is 25.3 Å². The average molecular weight is 298 g/mol. The molecule has 0 aliphatic heterocycles. The van der Waals surface area contributed by atoms with E-state index in [0.29, 0.717) is 24.6 Å². The Kier molecular flexibility index (Phi) is 3.93. The van der Waals surface area contributed by atoms with E-state index >= 15 is 0 Å². The molecule has 3 rings (SSSR count). The first-order valence-electron chi connectivity index (χ1n) is 7.01. The number of ether oxygens (including phenoxy) is 2.